The number of ketones is 1. The highest BCUT2D eigenvalue weighted by Gasteiger charge is 2.54. The van der Waals surface area contributed by atoms with Crippen molar-refractivity contribution in [2.45, 2.75) is 139 Å². The second kappa shape index (κ2) is 27.3. The number of hydrogen-bond acceptors (Lipinski definition) is 10. The summed E-state index contributed by atoms with van der Waals surface area (Å²) in [7, 11) is 1.66. The molecule has 0 bridgehead atoms. The van der Waals surface area contributed by atoms with E-state index >= 15 is 19.2 Å². The normalized spacial score (nSPS) is 18.5. The number of carbonyl (C=O) groups is 6. The molecule has 3 aromatic rings. The third-order valence-corrected chi connectivity index (χ3v) is 13.7. The molecule has 380 valence electrons. The molecular weight excluding hydrogens is 889 g/mol. The Morgan fingerprint density at radius 1 is 0.814 bits per heavy atom. The largest absolute Gasteiger partial charge is 0.480 e. The number of amides is 4. The maximum atomic E-state index is 15.8. The van der Waals surface area contributed by atoms with Gasteiger partial charge in [-0.25, -0.2) is 4.79 Å². The van der Waals surface area contributed by atoms with E-state index in [-0.39, 0.29) is 57.6 Å². The van der Waals surface area contributed by atoms with E-state index in [1.165, 1.54) is 11.8 Å². The second-order valence-electron chi connectivity index (χ2n) is 18.8. The van der Waals surface area contributed by atoms with Gasteiger partial charge in [0.2, 0.25) is 17.7 Å². The quantitative estimate of drug-likeness (QED) is 0.0220. The van der Waals surface area contributed by atoms with Crippen molar-refractivity contribution in [3.8, 4) is 0 Å². The lowest BCUT2D eigenvalue weighted by Crippen LogP contribution is -2.68. The van der Waals surface area contributed by atoms with Gasteiger partial charge in [-0.05, 0) is 121 Å². The molecule has 0 spiro atoms. The minimum atomic E-state index is -2.08. The third kappa shape index (κ3) is 15.2. The molecule has 2 fully saturated rings. The number of carboxylic acids is 1. The fourth-order valence-electron chi connectivity index (χ4n) is 9.83. The molecule has 0 aromatic heterocycles. The number of nitrogens with two attached hydrogens (primary N) is 3. The predicted octanol–water partition coefficient (Wildman–Crippen LogP) is 2.88. The Kier molecular flexibility index (Phi) is 20.1. The Balaban J connectivity index is 1.53. The predicted molar refractivity (Wildman–Crippen MR) is 271 cm³/mol. The lowest BCUT2D eigenvalue weighted by atomic mass is 9.75. The first-order chi connectivity index (χ1) is 34.6. The average Bonchev–Trinajstić information content (AvgIpc) is 3.78. The number of nitrogens with one attached hydrogen (secondary N) is 5. The number of rotatable bonds is 28. The van der Waals surface area contributed by atoms with E-state index in [2.05, 4.69) is 20.9 Å². The number of likely N-dealkylation sites (N-methyl/N-ethyl adjacent to an activating group) is 1. The van der Waals surface area contributed by atoms with E-state index in [0.29, 0.717) is 61.5 Å². The summed E-state index contributed by atoms with van der Waals surface area (Å²) in [5, 5.41) is 20.8. The summed E-state index contributed by atoms with van der Waals surface area (Å²) in [6.45, 7) is 1.56. The van der Waals surface area contributed by atoms with Gasteiger partial charge in [0.15, 0.2) is 18.7 Å². The van der Waals surface area contributed by atoms with E-state index in [0.717, 1.165) is 30.1 Å². The summed E-state index contributed by atoms with van der Waals surface area (Å²) < 4.78 is 18.9. The Morgan fingerprint density at radius 2 is 1.40 bits per heavy atom. The van der Waals surface area contributed by atoms with Crippen LogP contribution in [0.3, 0.4) is 0 Å². The van der Waals surface area contributed by atoms with Crippen LogP contribution in [0.25, 0.3) is 0 Å². The monoisotopic (exact) mass is 967 g/mol. The number of aliphatic carboxylic acids is 1. The Bertz CT molecular complexity index is 2230. The zero-order valence-corrected chi connectivity index (χ0v) is 40.9. The molecule has 1 aliphatic carbocycles. The summed E-state index contributed by atoms with van der Waals surface area (Å²) >= 11 is 0. The molecule has 1 heterocycles. The van der Waals surface area contributed by atoms with Gasteiger partial charge in [0, 0.05) is 19.1 Å². The van der Waals surface area contributed by atoms with Crippen LogP contribution in [-0.4, -0.2) is 120 Å². The van der Waals surface area contributed by atoms with Crippen molar-refractivity contribution in [1.82, 2.24) is 31.5 Å². The number of unbranched alkanes of at least 4 members (excludes halogenated alkanes) is 1. The van der Waals surface area contributed by atoms with Crippen molar-refractivity contribution in [1.29, 1.82) is 0 Å². The van der Waals surface area contributed by atoms with Crippen LogP contribution in [0.2, 0.25) is 2.82 Å². The molecule has 1 saturated heterocycles. The molecule has 17 nitrogen and oxygen atoms in total. The number of benzene rings is 3. The Hall–Kier alpha value is -6.17. The van der Waals surface area contributed by atoms with Crippen molar-refractivity contribution < 1.29 is 36.7 Å². The summed E-state index contributed by atoms with van der Waals surface area (Å²) in [4.78, 5) is 93.4. The van der Waals surface area contributed by atoms with Crippen LogP contribution in [-0.2, 0) is 48.0 Å². The number of carboxylic acid groups (broad SMARTS) is 1. The van der Waals surface area contributed by atoms with E-state index in [1.54, 1.807) is 31.3 Å². The van der Waals surface area contributed by atoms with Gasteiger partial charge in [-0.3, -0.25) is 34.3 Å². The molecule has 1 aliphatic heterocycles. The number of Topliss-reactive ketones (excluding diaryl/α,β-unsaturated/α-hetero) is 1. The van der Waals surface area contributed by atoms with Gasteiger partial charge in [0.25, 0.3) is 5.91 Å². The molecule has 17 heteroatoms. The van der Waals surface area contributed by atoms with Crippen LogP contribution in [0.15, 0.2) is 96.0 Å². The zero-order chi connectivity index (χ0) is 52.3. The van der Waals surface area contributed by atoms with Gasteiger partial charge in [0.1, 0.15) is 13.5 Å². The van der Waals surface area contributed by atoms with Crippen molar-refractivity contribution in [3.63, 3.8) is 0 Å². The van der Waals surface area contributed by atoms with Crippen LogP contribution >= 0.6 is 0 Å². The number of nitrogens with zero attached hydrogens (tertiary/aromatic N) is 2. The molecule has 2 aliphatic rings. The highest BCUT2D eigenvalue weighted by atomic mass is 16.4. The molecule has 70 heavy (non-hydrogen) atoms. The first-order valence-corrected chi connectivity index (χ1v) is 24.9. The highest BCUT2D eigenvalue weighted by Crippen LogP contribution is 2.33. The fraction of sp³-hybridized carbons (Fsp3) is 0.528. The van der Waals surface area contributed by atoms with Crippen LogP contribution in [0.1, 0.15) is 101 Å². The van der Waals surface area contributed by atoms with E-state index in [1.807, 2.05) is 66.7 Å². The minimum absolute atomic E-state index is 0.000342. The zero-order valence-electron chi connectivity index (χ0n) is 42.9. The van der Waals surface area contributed by atoms with Gasteiger partial charge < -0.3 is 48.5 Å². The van der Waals surface area contributed by atoms with Crippen LogP contribution in [0.5, 0.6) is 0 Å². The topological polar surface area (TPSA) is 276 Å². The van der Waals surface area contributed by atoms with Crippen LogP contribution < -0.4 is 43.8 Å². The highest BCUT2D eigenvalue weighted by molar-refractivity contribution is 6.14. The van der Waals surface area contributed by atoms with Crippen molar-refractivity contribution in [2.24, 2.45) is 27.6 Å². The minimum Gasteiger partial charge on any atom is -0.480 e. The number of carbonyl (C=O) groups excluding carboxylic acids is 5. The average molecular weight is 967 g/mol. The SMILES string of the molecule is [2H]N(CC(Cc1ccccc1)(Cc1ccccc1)C(=O)N[C@@H](CCCN=C(N)N)C(=O)O)C(=O)[C@H](C)N(C(=O)[C@]1(C(=O)[C@H](CCCCN)NC(=O)[C@H](Cc2ccccc2)NC)CCCN1[2H])C1CCCCC1. The number of guanidine groups is 1. The molecule has 0 radical (unpaired) electrons. The molecule has 5 atom stereocenters. The summed E-state index contributed by atoms with van der Waals surface area (Å²) in [5.74, 6) is -4.80. The molecule has 12 N–H and O–H groups in total. The molecular formula is C53H76N10O7. The number of hydrogen-bond donors (Lipinski definition) is 9. The van der Waals surface area contributed by atoms with E-state index in [4.69, 9.17) is 17.2 Å². The molecule has 4 amide bonds. The maximum Gasteiger partial charge on any atom is 0.326 e. The fourth-order valence-corrected chi connectivity index (χ4v) is 9.83. The van der Waals surface area contributed by atoms with Gasteiger partial charge in [-0.1, -0.05) is 110 Å². The van der Waals surface area contributed by atoms with Gasteiger partial charge in [-0.15, -0.1) is 0 Å². The molecule has 0 unspecified atom stereocenters. The Labute approximate surface area is 415 Å². The third-order valence-electron chi connectivity index (χ3n) is 13.7. The van der Waals surface area contributed by atoms with Crippen molar-refractivity contribution in [3.05, 3.63) is 108 Å². The standard InChI is InChI=1S/C53H76N10O7/c1-37(46(65)59-36-52(34-39-21-9-4-10-22-39,35-40-23-11-5-12-24-40)49(69)62-43(48(67)68)28-17-31-58-51(55)56)63(41-25-13-6-14-26-41)50(70)53(29-18-32-60-53)45(64)42(27-15-16-30-54)61-47(66)44(57-2)33-38-19-7-3-8-20-38/h3-5,7-12,19-24,37,41-44,57,60H,6,13-18,25-36,54H2,1-2H3,(H,59,65)(H,61,66)(H,62,69)(H,67,68)(H4,55,56,58)/t37-,42-,43-,44-,53+/m0/s1/i/hD2. The Morgan fingerprint density at radius 3 is 1.93 bits per heavy atom. The van der Waals surface area contributed by atoms with E-state index in [9.17, 15) is 17.5 Å². The van der Waals surface area contributed by atoms with E-state index < -0.39 is 83.1 Å². The first-order valence-electron chi connectivity index (χ1n) is 25.8. The van der Waals surface area contributed by atoms with Gasteiger partial charge in [-0.2, -0.15) is 0 Å². The molecule has 3 aromatic carbocycles. The maximum absolute atomic E-state index is 15.8. The first kappa shape index (κ1) is 51.7. The smallest absolute Gasteiger partial charge is 0.326 e. The summed E-state index contributed by atoms with van der Waals surface area (Å²) in [6, 6.07) is 22.4. The van der Waals surface area contributed by atoms with Crippen molar-refractivity contribution in [2.75, 3.05) is 33.2 Å². The van der Waals surface area contributed by atoms with Crippen molar-refractivity contribution >= 4 is 41.3 Å². The summed E-state index contributed by atoms with van der Waals surface area (Å²) in [5.41, 5.74) is 15.4. The lowest BCUT2D eigenvalue weighted by Gasteiger charge is -2.43. The van der Waals surface area contributed by atoms with Crippen LogP contribution in [0.4, 0.5) is 0 Å². The second-order valence-corrected chi connectivity index (χ2v) is 18.8. The molecule has 1 saturated carbocycles. The molecule has 5 rings (SSSR count). The summed E-state index contributed by atoms with van der Waals surface area (Å²) in [6.07, 6.45) is 5.42. The van der Waals surface area contributed by atoms with Gasteiger partial charge in [0.05, 0.1) is 17.5 Å². The lowest BCUT2D eigenvalue weighted by molar-refractivity contribution is -0.153. The van der Waals surface area contributed by atoms with Crippen LogP contribution in [0, 0.1) is 5.41 Å². The van der Waals surface area contributed by atoms with Gasteiger partial charge >= 0.3 is 5.97 Å². The number of aliphatic imine (C=N–C) groups is 1.